The van der Waals surface area contributed by atoms with Gasteiger partial charge in [-0.15, -0.1) is 0 Å². The number of sulfonamides is 1. The van der Waals surface area contributed by atoms with Gasteiger partial charge in [0.2, 0.25) is 10.0 Å². The van der Waals surface area contributed by atoms with E-state index in [1.54, 1.807) is 48.5 Å². The van der Waals surface area contributed by atoms with E-state index in [4.69, 9.17) is 4.74 Å². The van der Waals surface area contributed by atoms with Crippen LogP contribution >= 0.6 is 0 Å². The fourth-order valence-corrected chi connectivity index (χ4v) is 4.91. The first-order valence-electron chi connectivity index (χ1n) is 12.7. The highest BCUT2D eigenvalue weighted by molar-refractivity contribution is 7.89. The van der Waals surface area contributed by atoms with Crippen LogP contribution in [0.15, 0.2) is 114 Å². The normalized spacial score (nSPS) is 11.6. The molecular formula is C31H33N3O4S. The molecule has 0 aliphatic rings. The topological polar surface area (TPSA) is 87.7 Å². The van der Waals surface area contributed by atoms with E-state index in [1.165, 1.54) is 4.90 Å². The maximum atomic E-state index is 13.3. The van der Waals surface area contributed by atoms with Crippen molar-refractivity contribution in [2.24, 2.45) is 0 Å². The molecule has 7 nitrogen and oxygen atoms in total. The highest BCUT2D eigenvalue weighted by atomic mass is 32.2. The van der Waals surface area contributed by atoms with E-state index in [1.807, 2.05) is 60.7 Å². The number of benzene rings is 4. The number of ether oxygens (including phenoxy) is 1. The summed E-state index contributed by atoms with van der Waals surface area (Å²) < 4.78 is 34.4. The molecule has 202 valence electrons. The number of carbonyl (C=O) groups excluding carboxylic acids is 1. The second-order valence-electron chi connectivity index (χ2n) is 10.0. The maximum Gasteiger partial charge on any atom is 0.326 e. The molecule has 2 amide bonds. The predicted octanol–water partition coefficient (Wildman–Crippen LogP) is 6.79. The lowest BCUT2D eigenvalue weighted by atomic mass is 9.87. The first-order chi connectivity index (χ1) is 18.6. The molecule has 0 unspecified atom stereocenters. The number of hydrogen-bond acceptors (Lipinski definition) is 4. The number of carbonyl (C=O) groups is 1. The third-order valence-corrected chi connectivity index (χ3v) is 7.53. The zero-order valence-corrected chi connectivity index (χ0v) is 23.1. The fraction of sp³-hybridized carbons (Fsp3) is 0.194. The number of anilines is 2. The van der Waals surface area contributed by atoms with Crippen LogP contribution in [-0.4, -0.2) is 27.5 Å². The summed E-state index contributed by atoms with van der Waals surface area (Å²) in [6.45, 7) is 6.35. The molecule has 4 aromatic rings. The molecule has 8 heteroatoms. The molecule has 0 fully saturated rings. The Balaban J connectivity index is 1.48. The van der Waals surface area contributed by atoms with Crippen LogP contribution in [0.25, 0.3) is 0 Å². The van der Waals surface area contributed by atoms with Gasteiger partial charge in [-0.2, -0.15) is 0 Å². The van der Waals surface area contributed by atoms with E-state index in [0.717, 1.165) is 5.56 Å². The van der Waals surface area contributed by atoms with Gasteiger partial charge in [-0.1, -0.05) is 69.3 Å². The smallest absolute Gasteiger partial charge is 0.326 e. The molecule has 0 aromatic heterocycles. The zero-order valence-electron chi connectivity index (χ0n) is 22.3. The summed E-state index contributed by atoms with van der Waals surface area (Å²) in [5.41, 5.74) is 2.20. The molecule has 0 saturated carbocycles. The average molecular weight is 544 g/mol. The van der Waals surface area contributed by atoms with Gasteiger partial charge in [-0.3, -0.25) is 4.90 Å². The number of amides is 2. The van der Waals surface area contributed by atoms with Crippen LogP contribution in [0.5, 0.6) is 11.5 Å². The van der Waals surface area contributed by atoms with Crippen molar-refractivity contribution in [3.05, 3.63) is 115 Å². The Bertz CT molecular complexity index is 1470. The van der Waals surface area contributed by atoms with Crippen molar-refractivity contribution in [2.45, 2.75) is 31.1 Å². The number of nitrogens with one attached hydrogen (secondary N) is 2. The summed E-state index contributed by atoms with van der Waals surface area (Å²) >= 11 is 0. The van der Waals surface area contributed by atoms with Gasteiger partial charge < -0.3 is 10.1 Å². The molecule has 0 heterocycles. The first kappa shape index (κ1) is 27.9. The number of nitrogens with zero attached hydrogens (tertiary/aromatic N) is 1. The molecule has 0 aliphatic carbocycles. The Morgan fingerprint density at radius 3 is 1.92 bits per heavy atom. The largest absolute Gasteiger partial charge is 0.457 e. The molecule has 0 atom stereocenters. The van der Waals surface area contributed by atoms with E-state index >= 15 is 0 Å². The highest BCUT2D eigenvalue weighted by Gasteiger charge is 2.20. The molecule has 0 aliphatic heterocycles. The van der Waals surface area contributed by atoms with Crippen LogP contribution < -0.4 is 19.7 Å². The second kappa shape index (κ2) is 12.1. The maximum absolute atomic E-state index is 13.3. The van der Waals surface area contributed by atoms with Crippen molar-refractivity contribution < 1.29 is 17.9 Å². The summed E-state index contributed by atoms with van der Waals surface area (Å²) in [5.74, 6) is 1.32. The minimum absolute atomic E-state index is 0.0217. The molecule has 0 saturated heterocycles. The lowest BCUT2D eigenvalue weighted by Crippen LogP contribution is -2.41. The predicted molar refractivity (Wildman–Crippen MR) is 156 cm³/mol. The molecular weight excluding hydrogens is 510 g/mol. The number of urea groups is 1. The van der Waals surface area contributed by atoms with Gasteiger partial charge >= 0.3 is 6.03 Å². The Kier molecular flexibility index (Phi) is 8.69. The number of rotatable bonds is 9. The van der Waals surface area contributed by atoms with Crippen LogP contribution in [0.2, 0.25) is 0 Å². The van der Waals surface area contributed by atoms with Crippen LogP contribution in [0.1, 0.15) is 26.3 Å². The molecule has 39 heavy (non-hydrogen) atoms. The molecule has 4 aromatic carbocycles. The second-order valence-corrected chi connectivity index (χ2v) is 11.8. The summed E-state index contributed by atoms with van der Waals surface area (Å²) in [5, 5.41) is 2.87. The van der Waals surface area contributed by atoms with E-state index in [0.29, 0.717) is 22.9 Å². The molecule has 0 spiro atoms. The Labute approximate surface area is 230 Å². The highest BCUT2D eigenvalue weighted by Crippen LogP contribution is 2.26. The SMILES string of the molecule is CC(C)(C)c1ccc(S(=O)(=O)NCCN(C(=O)Nc2ccccc2)c2ccc(Oc3ccccc3)cc2)cc1. The van der Waals surface area contributed by atoms with Gasteiger partial charge in [0.05, 0.1) is 4.90 Å². The van der Waals surface area contributed by atoms with Crippen LogP contribution in [-0.2, 0) is 15.4 Å². The van der Waals surface area contributed by atoms with E-state index in [9.17, 15) is 13.2 Å². The third-order valence-electron chi connectivity index (χ3n) is 6.06. The van der Waals surface area contributed by atoms with E-state index < -0.39 is 10.0 Å². The van der Waals surface area contributed by atoms with Crippen molar-refractivity contribution >= 4 is 27.4 Å². The van der Waals surface area contributed by atoms with Crippen molar-refractivity contribution in [1.82, 2.24) is 4.72 Å². The van der Waals surface area contributed by atoms with Crippen LogP contribution in [0.4, 0.5) is 16.2 Å². The zero-order chi connectivity index (χ0) is 27.9. The van der Waals surface area contributed by atoms with Crippen molar-refractivity contribution in [1.29, 1.82) is 0 Å². The third kappa shape index (κ3) is 7.69. The van der Waals surface area contributed by atoms with Gasteiger partial charge in [0, 0.05) is 24.5 Å². The fourth-order valence-electron chi connectivity index (χ4n) is 3.89. The monoisotopic (exact) mass is 543 g/mol. The van der Waals surface area contributed by atoms with Crippen molar-refractivity contribution in [2.75, 3.05) is 23.3 Å². The van der Waals surface area contributed by atoms with Crippen molar-refractivity contribution in [3.8, 4) is 11.5 Å². The summed E-state index contributed by atoms with van der Waals surface area (Å²) in [4.78, 5) is 14.9. The van der Waals surface area contributed by atoms with Gasteiger partial charge in [0.1, 0.15) is 11.5 Å². The van der Waals surface area contributed by atoms with Gasteiger partial charge in [-0.05, 0) is 71.6 Å². The number of hydrogen-bond donors (Lipinski definition) is 2. The van der Waals surface area contributed by atoms with E-state index in [2.05, 4.69) is 30.8 Å². The van der Waals surface area contributed by atoms with E-state index in [-0.39, 0.29) is 29.4 Å². The minimum atomic E-state index is -3.75. The van der Waals surface area contributed by atoms with Crippen LogP contribution in [0.3, 0.4) is 0 Å². The Morgan fingerprint density at radius 2 is 1.33 bits per heavy atom. The van der Waals surface area contributed by atoms with Gasteiger partial charge in [0.25, 0.3) is 0 Å². The summed E-state index contributed by atoms with van der Waals surface area (Å²) in [6.07, 6.45) is 0. The van der Waals surface area contributed by atoms with Gasteiger partial charge in [0.15, 0.2) is 0 Å². The average Bonchev–Trinajstić information content (AvgIpc) is 2.92. The standard InChI is InChI=1S/C31H33N3O4S/c1-31(2,3)24-14-20-29(21-15-24)39(36,37)32-22-23-34(30(35)33-25-10-6-4-7-11-25)26-16-18-28(19-17-26)38-27-12-8-5-9-13-27/h4-21,32H,22-23H2,1-3H3,(H,33,35). The lowest BCUT2D eigenvalue weighted by molar-refractivity contribution is 0.257. The van der Waals surface area contributed by atoms with Crippen molar-refractivity contribution in [3.63, 3.8) is 0 Å². The first-order valence-corrected chi connectivity index (χ1v) is 14.2. The Morgan fingerprint density at radius 1 is 0.769 bits per heavy atom. The molecule has 4 rings (SSSR count). The Hall–Kier alpha value is -4.14. The molecule has 0 bridgehead atoms. The van der Waals surface area contributed by atoms with Crippen LogP contribution in [0, 0.1) is 0 Å². The summed E-state index contributed by atoms with van der Waals surface area (Å²) in [7, 11) is -3.75. The number of para-hydroxylation sites is 2. The molecule has 0 radical (unpaired) electrons. The lowest BCUT2D eigenvalue weighted by Gasteiger charge is -2.24. The minimum Gasteiger partial charge on any atom is -0.457 e. The summed E-state index contributed by atoms with van der Waals surface area (Å²) in [6, 6.07) is 32.1. The quantitative estimate of drug-likeness (QED) is 0.243. The van der Waals surface area contributed by atoms with Gasteiger partial charge in [-0.25, -0.2) is 17.9 Å². The molecule has 2 N–H and O–H groups in total.